The Morgan fingerprint density at radius 3 is 2.23 bits per heavy atom. The van der Waals surface area contributed by atoms with Crippen LogP contribution in [-0.2, 0) is 0 Å². The van der Waals surface area contributed by atoms with Crippen molar-refractivity contribution in [2.24, 2.45) is 0 Å². The molecular formula is C11H12N2. The van der Waals surface area contributed by atoms with Crippen molar-refractivity contribution in [1.29, 1.82) is 0 Å². The molecule has 0 N–H and O–H groups in total. The minimum Gasteiger partial charge on any atom is -0.252 e. The van der Waals surface area contributed by atoms with E-state index in [9.17, 15) is 0 Å². The molecule has 1 heterocycles. The molecule has 2 nitrogen and oxygen atoms in total. The van der Waals surface area contributed by atoms with Crippen molar-refractivity contribution >= 4 is 11.0 Å². The van der Waals surface area contributed by atoms with Gasteiger partial charge in [0.15, 0.2) is 0 Å². The van der Waals surface area contributed by atoms with E-state index in [1.807, 2.05) is 13.1 Å². The first-order chi connectivity index (χ1) is 6.18. The molecule has 0 atom stereocenters. The van der Waals surface area contributed by atoms with Crippen LogP contribution < -0.4 is 0 Å². The SMILES string of the molecule is Cc1cnc2c(C)ccc(C)c2n1. The summed E-state index contributed by atoms with van der Waals surface area (Å²) >= 11 is 0. The van der Waals surface area contributed by atoms with Gasteiger partial charge in [-0.2, -0.15) is 0 Å². The van der Waals surface area contributed by atoms with Gasteiger partial charge in [-0.25, -0.2) is 4.98 Å². The highest BCUT2D eigenvalue weighted by Crippen LogP contribution is 2.17. The van der Waals surface area contributed by atoms with Crippen LogP contribution in [0.4, 0.5) is 0 Å². The summed E-state index contributed by atoms with van der Waals surface area (Å²) in [5.41, 5.74) is 5.40. The molecule has 1 aromatic carbocycles. The van der Waals surface area contributed by atoms with Gasteiger partial charge in [0.2, 0.25) is 0 Å². The Kier molecular flexibility index (Phi) is 1.76. The molecule has 0 aliphatic rings. The number of nitrogens with zero attached hydrogens (tertiary/aromatic N) is 2. The number of fused-ring (bicyclic) bond motifs is 1. The molecule has 0 aliphatic carbocycles. The quantitative estimate of drug-likeness (QED) is 0.610. The molecule has 0 amide bonds. The Labute approximate surface area is 77.6 Å². The summed E-state index contributed by atoms with van der Waals surface area (Å²) in [5, 5.41) is 0. The van der Waals surface area contributed by atoms with Gasteiger partial charge < -0.3 is 0 Å². The van der Waals surface area contributed by atoms with Gasteiger partial charge in [0.1, 0.15) is 0 Å². The standard InChI is InChI=1S/C11H12N2/c1-7-4-5-8(2)11-10(7)12-6-9(3)13-11/h4-6H,1-3H3. The first-order valence-corrected chi connectivity index (χ1v) is 4.38. The average Bonchev–Trinajstić information content (AvgIpc) is 2.12. The molecule has 0 aliphatic heterocycles. The predicted octanol–water partition coefficient (Wildman–Crippen LogP) is 2.56. The van der Waals surface area contributed by atoms with Crippen molar-refractivity contribution in [2.45, 2.75) is 20.8 Å². The fourth-order valence-electron chi connectivity index (χ4n) is 1.45. The first kappa shape index (κ1) is 8.17. The smallest absolute Gasteiger partial charge is 0.0921 e. The number of benzene rings is 1. The molecule has 1 aromatic heterocycles. The van der Waals surface area contributed by atoms with Gasteiger partial charge in [-0.05, 0) is 31.9 Å². The maximum Gasteiger partial charge on any atom is 0.0921 e. The van der Waals surface area contributed by atoms with Crippen molar-refractivity contribution in [3.8, 4) is 0 Å². The summed E-state index contributed by atoms with van der Waals surface area (Å²) in [6.45, 7) is 6.09. The average molecular weight is 172 g/mol. The largest absolute Gasteiger partial charge is 0.252 e. The third kappa shape index (κ3) is 1.28. The molecule has 66 valence electrons. The van der Waals surface area contributed by atoms with Gasteiger partial charge in [0.25, 0.3) is 0 Å². The third-order valence-corrected chi connectivity index (χ3v) is 2.22. The summed E-state index contributed by atoms with van der Waals surface area (Å²) in [6.07, 6.45) is 1.81. The molecule has 2 aromatic rings. The van der Waals surface area contributed by atoms with E-state index in [4.69, 9.17) is 0 Å². The van der Waals surface area contributed by atoms with E-state index in [-0.39, 0.29) is 0 Å². The molecular weight excluding hydrogens is 160 g/mol. The van der Waals surface area contributed by atoms with Crippen LogP contribution in [0.5, 0.6) is 0 Å². The zero-order chi connectivity index (χ0) is 9.42. The molecule has 0 saturated heterocycles. The fourth-order valence-corrected chi connectivity index (χ4v) is 1.45. The zero-order valence-electron chi connectivity index (χ0n) is 8.13. The maximum absolute atomic E-state index is 4.47. The van der Waals surface area contributed by atoms with Crippen LogP contribution in [0.15, 0.2) is 18.3 Å². The van der Waals surface area contributed by atoms with Gasteiger partial charge >= 0.3 is 0 Å². The third-order valence-electron chi connectivity index (χ3n) is 2.22. The van der Waals surface area contributed by atoms with Gasteiger partial charge in [0.05, 0.1) is 16.7 Å². The van der Waals surface area contributed by atoms with Crippen molar-refractivity contribution < 1.29 is 0 Å². The number of rotatable bonds is 0. The Hall–Kier alpha value is -1.44. The highest BCUT2D eigenvalue weighted by Gasteiger charge is 2.02. The monoisotopic (exact) mass is 172 g/mol. The van der Waals surface area contributed by atoms with E-state index in [0.29, 0.717) is 0 Å². The Morgan fingerprint density at radius 2 is 1.54 bits per heavy atom. The molecule has 13 heavy (non-hydrogen) atoms. The lowest BCUT2D eigenvalue weighted by Crippen LogP contribution is -1.91. The van der Waals surface area contributed by atoms with Crippen LogP contribution in [-0.4, -0.2) is 9.97 Å². The first-order valence-electron chi connectivity index (χ1n) is 4.38. The van der Waals surface area contributed by atoms with Gasteiger partial charge in [-0.3, -0.25) is 4.98 Å². The number of hydrogen-bond donors (Lipinski definition) is 0. The second-order valence-electron chi connectivity index (χ2n) is 3.41. The van der Waals surface area contributed by atoms with Crippen molar-refractivity contribution in [1.82, 2.24) is 9.97 Å². The van der Waals surface area contributed by atoms with Gasteiger partial charge in [-0.1, -0.05) is 12.1 Å². The number of aromatic nitrogens is 2. The van der Waals surface area contributed by atoms with E-state index in [0.717, 1.165) is 16.7 Å². The molecule has 0 bridgehead atoms. The minimum absolute atomic E-state index is 0.973. The van der Waals surface area contributed by atoms with E-state index in [2.05, 4.69) is 35.9 Å². The van der Waals surface area contributed by atoms with E-state index >= 15 is 0 Å². The summed E-state index contributed by atoms with van der Waals surface area (Å²) in [7, 11) is 0. The van der Waals surface area contributed by atoms with Crippen LogP contribution in [0.3, 0.4) is 0 Å². The maximum atomic E-state index is 4.47. The highest BCUT2D eigenvalue weighted by atomic mass is 14.8. The molecule has 0 radical (unpaired) electrons. The normalized spacial score (nSPS) is 10.7. The minimum atomic E-state index is 0.973. The van der Waals surface area contributed by atoms with E-state index < -0.39 is 0 Å². The lowest BCUT2D eigenvalue weighted by Gasteiger charge is -2.03. The van der Waals surface area contributed by atoms with Crippen LogP contribution in [0.2, 0.25) is 0 Å². The van der Waals surface area contributed by atoms with E-state index in [1.54, 1.807) is 0 Å². The molecule has 2 heteroatoms. The highest BCUT2D eigenvalue weighted by molar-refractivity contribution is 5.80. The molecule has 0 unspecified atom stereocenters. The van der Waals surface area contributed by atoms with Crippen molar-refractivity contribution in [3.05, 3.63) is 35.2 Å². The summed E-state index contributed by atoms with van der Waals surface area (Å²) in [6, 6.07) is 4.17. The topological polar surface area (TPSA) is 25.8 Å². The number of aryl methyl sites for hydroxylation is 3. The second kappa shape index (κ2) is 2.80. The molecule has 0 saturated carbocycles. The van der Waals surface area contributed by atoms with Crippen molar-refractivity contribution in [2.75, 3.05) is 0 Å². The summed E-state index contributed by atoms with van der Waals surface area (Å²) < 4.78 is 0. The van der Waals surface area contributed by atoms with Gasteiger partial charge in [-0.15, -0.1) is 0 Å². The Balaban J connectivity index is 2.92. The molecule has 0 fully saturated rings. The van der Waals surface area contributed by atoms with Crippen LogP contribution >= 0.6 is 0 Å². The zero-order valence-corrected chi connectivity index (χ0v) is 8.13. The fraction of sp³-hybridized carbons (Fsp3) is 0.273. The molecule has 0 spiro atoms. The second-order valence-corrected chi connectivity index (χ2v) is 3.41. The van der Waals surface area contributed by atoms with E-state index in [1.165, 1.54) is 11.1 Å². The van der Waals surface area contributed by atoms with Crippen molar-refractivity contribution in [3.63, 3.8) is 0 Å². The van der Waals surface area contributed by atoms with Crippen LogP contribution in [0, 0.1) is 20.8 Å². The summed E-state index contributed by atoms with van der Waals surface area (Å²) in [5.74, 6) is 0. The lowest BCUT2D eigenvalue weighted by molar-refractivity contribution is 1.17. The molecule has 2 rings (SSSR count). The van der Waals surface area contributed by atoms with Crippen LogP contribution in [0.1, 0.15) is 16.8 Å². The Morgan fingerprint density at radius 1 is 0.923 bits per heavy atom. The Bertz CT molecular complexity index is 461. The summed E-state index contributed by atoms with van der Waals surface area (Å²) in [4.78, 5) is 8.85. The number of hydrogen-bond acceptors (Lipinski definition) is 2. The van der Waals surface area contributed by atoms with Crippen LogP contribution in [0.25, 0.3) is 11.0 Å². The predicted molar refractivity (Wildman–Crippen MR) is 53.7 cm³/mol. The van der Waals surface area contributed by atoms with Gasteiger partial charge in [0, 0.05) is 6.20 Å². The lowest BCUT2D eigenvalue weighted by atomic mass is 10.1.